The largest absolute Gasteiger partial charge is 0.497 e. The van der Waals surface area contributed by atoms with Crippen molar-refractivity contribution >= 4 is 5.57 Å². The molecular formula is C12H14O. The molecule has 0 bridgehead atoms. The zero-order chi connectivity index (χ0) is 9.26. The number of aryl methyl sites for hydroxylation is 1. The molecule has 13 heavy (non-hydrogen) atoms. The Bertz CT molecular complexity index is 339. The lowest BCUT2D eigenvalue weighted by Crippen LogP contribution is -2.01. The number of hydrogen-bond acceptors (Lipinski definition) is 1. The van der Waals surface area contributed by atoms with Gasteiger partial charge in [-0.25, -0.2) is 0 Å². The summed E-state index contributed by atoms with van der Waals surface area (Å²) < 4.78 is 5.19. The molecule has 0 aliphatic heterocycles. The van der Waals surface area contributed by atoms with Gasteiger partial charge in [0.2, 0.25) is 0 Å². The summed E-state index contributed by atoms with van der Waals surface area (Å²) in [6.07, 6.45) is 3.54. The molecule has 1 nitrogen and oxygen atoms in total. The van der Waals surface area contributed by atoms with Crippen molar-refractivity contribution in [1.29, 1.82) is 0 Å². The van der Waals surface area contributed by atoms with Crippen LogP contribution in [-0.4, -0.2) is 7.11 Å². The normalized spacial score (nSPS) is 15.3. The van der Waals surface area contributed by atoms with Crippen LogP contribution in [0.5, 0.6) is 5.75 Å². The Kier molecular flexibility index (Phi) is 2.09. The lowest BCUT2D eigenvalue weighted by molar-refractivity contribution is 0.414. The fraction of sp³-hybridized carbons (Fsp3) is 0.333. The van der Waals surface area contributed by atoms with Gasteiger partial charge in [0.25, 0.3) is 0 Å². The van der Waals surface area contributed by atoms with Crippen LogP contribution in [0.2, 0.25) is 0 Å². The van der Waals surface area contributed by atoms with Crippen molar-refractivity contribution in [3.05, 3.63) is 35.9 Å². The lowest BCUT2D eigenvalue weighted by Gasteiger charge is -2.18. The molecule has 0 fully saturated rings. The minimum atomic E-state index is 0.932. The van der Waals surface area contributed by atoms with Gasteiger partial charge in [-0.1, -0.05) is 12.6 Å². The SMILES string of the molecule is C=C1CCCc2ccc(OC)cc21. The van der Waals surface area contributed by atoms with Crippen LogP contribution in [0, 0.1) is 0 Å². The molecule has 1 aromatic carbocycles. The van der Waals surface area contributed by atoms with Crippen molar-refractivity contribution in [3.8, 4) is 5.75 Å². The molecule has 0 unspecified atom stereocenters. The molecule has 1 aliphatic carbocycles. The predicted octanol–water partition coefficient (Wildman–Crippen LogP) is 3.04. The highest BCUT2D eigenvalue weighted by molar-refractivity contribution is 5.69. The Labute approximate surface area is 79.0 Å². The molecule has 0 N–H and O–H groups in total. The second-order valence-corrected chi connectivity index (χ2v) is 3.48. The first-order valence-electron chi connectivity index (χ1n) is 4.66. The number of hydrogen-bond donors (Lipinski definition) is 0. The Balaban J connectivity index is 2.47. The van der Waals surface area contributed by atoms with Gasteiger partial charge in [0, 0.05) is 0 Å². The zero-order valence-corrected chi connectivity index (χ0v) is 7.97. The van der Waals surface area contributed by atoms with E-state index in [1.165, 1.54) is 29.5 Å². The van der Waals surface area contributed by atoms with Gasteiger partial charge in [0.15, 0.2) is 0 Å². The summed E-state index contributed by atoms with van der Waals surface area (Å²) in [7, 11) is 1.70. The highest BCUT2D eigenvalue weighted by atomic mass is 16.5. The number of allylic oxidation sites excluding steroid dienone is 1. The minimum Gasteiger partial charge on any atom is -0.497 e. The number of ether oxygens (including phenoxy) is 1. The van der Waals surface area contributed by atoms with E-state index in [9.17, 15) is 0 Å². The summed E-state index contributed by atoms with van der Waals surface area (Å²) in [5, 5.41) is 0. The van der Waals surface area contributed by atoms with Crippen molar-refractivity contribution in [2.75, 3.05) is 7.11 Å². The van der Waals surface area contributed by atoms with Crippen molar-refractivity contribution in [3.63, 3.8) is 0 Å². The van der Waals surface area contributed by atoms with Gasteiger partial charge < -0.3 is 4.74 Å². The van der Waals surface area contributed by atoms with E-state index in [-0.39, 0.29) is 0 Å². The number of benzene rings is 1. The van der Waals surface area contributed by atoms with Crippen LogP contribution in [0.1, 0.15) is 24.0 Å². The monoisotopic (exact) mass is 174 g/mol. The van der Waals surface area contributed by atoms with Crippen molar-refractivity contribution in [2.45, 2.75) is 19.3 Å². The molecule has 0 saturated heterocycles. The molecule has 0 amide bonds. The summed E-state index contributed by atoms with van der Waals surface area (Å²) in [4.78, 5) is 0. The molecular weight excluding hydrogens is 160 g/mol. The molecule has 0 spiro atoms. The standard InChI is InChI=1S/C12H14O/c1-9-4-3-5-10-6-7-11(13-2)8-12(9)10/h6-8H,1,3-5H2,2H3. The van der Waals surface area contributed by atoms with Gasteiger partial charge in [0.05, 0.1) is 7.11 Å². The molecule has 1 aliphatic rings. The third-order valence-corrected chi connectivity index (χ3v) is 2.62. The van der Waals surface area contributed by atoms with E-state index in [2.05, 4.69) is 18.7 Å². The van der Waals surface area contributed by atoms with E-state index in [0.29, 0.717) is 0 Å². The minimum absolute atomic E-state index is 0.932. The van der Waals surface area contributed by atoms with Gasteiger partial charge >= 0.3 is 0 Å². The molecule has 1 aromatic rings. The molecule has 0 saturated carbocycles. The van der Waals surface area contributed by atoms with E-state index >= 15 is 0 Å². The van der Waals surface area contributed by atoms with Crippen LogP contribution in [0.15, 0.2) is 24.8 Å². The first-order valence-corrected chi connectivity index (χ1v) is 4.66. The second-order valence-electron chi connectivity index (χ2n) is 3.48. The average Bonchev–Trinajstić information content (AvgIpc) is 2.18. The van der Waals surface area contributed by atoms with Gasteiger partial charge in [-0.05, 0) is 48.1 Å². The highest BCUT2D eigenvalue weighted by Gasteiger charge is 2.12. The summed E-state index contributed by atoms with van der Waals surface area (Å²) in [5.41, 5.74) is 3.96. The summed E-state index contributed by atoms with van der Waals surface area (Å²) in [6.45, 7) is 4.08. The molecule has 2 rings (SSSR count). The number of rotatable bonds is 1. The molecule has 0 radical (unpaired) electrons. The fourth-order valence-corrected chi connectivity index (χ4v) is 1.86. The Morgan fingerprint density at radius 2 is 2.15 bits per heavy atom. The van der Waals surface area contributed by atoms with Crippen LogP contribution < -0.4 is 4.74 Å². The molecule has 0 aromatic heterocycles. The summed E-state index contributed by atoms with van der Waals surface area (Å²) in [5.74, 6) is 0.932. The summed E-state index contributed by atoms with van der Waals surface area (Å²) >= 11 is 0. The van der Waals surface area contributed by atoms with Gasteiger partial charge in [0.1, 0.15) is 5.75 Å². The lowest BCUT2D eigenvalue weighted by atomic mass is 9.88. The van der Waals surface area contributed by atoms with Crippen LogP contribution in [-0.2, 0) is 6.42 Å². The first-order chi connectivity index (χ1) is 6.31. The third-order valence-electron chi connectivity index (χ3n) is 2.62. The topological polar surface area (TPSA) is 9.23 Å². The van der Waals surface area contributed by atoms with Gasteiger partial charge in [-0.2, -0.15) is 0 Å². The molecule has 68 valence electrons. The summed E-state index contributed by atoms with van der Waals surface area (Å²) in [6, 6.07) is 6.27. The quantitative estimate of drug-likeness (QED) is 0.635. The van der Waals surface area contributed by atoms with Crippen LogP contribution in [0.4, 0.5) is 0 Å². The molecule has 0 heterocycles. The van der Waals surface area contributed by atoms with Crippen molar-refractivity contribution < 1.29 is 4.74 Å². The zero-order valence-electron chi connectivity index (χ0n) is 7.97. The maximum absolute atomic E-state index is 5.19. The van der Waals surface area contributed by atoms with Crippen LogP contribution >= 0.6 is 0 Å². The smallest absolute Gasteiger partial charge is 0.119 e. The first kappa shape index (κ1) is 8.36. The number of fused-ring (bicyclic) bond motifs is 1. The fourth-order valence-electron chi connectivity index (χ4n) is 1.86. The van der Waals surface area contributed by atoms with Crippen LogP contribution in [0.3, 0.4) is 0 Å². The Hall–Kier alpha value is -1.24. The van der Waals surface area contributed by atoms with Gasteiger partial charge in [-0.3, -0.25) is 0 Å². The van der Waals surface area contributed by atoms with E-state index in [1.54, 1.807) is 7.11 Å². The van der Waals surface area contributed by atoms with E-state index in [0.717, 1.165) is 12.2 Å². The predicted molar refractivity (Wildman–Crippen MR) is 55.0 cm³/mol. The van der Waals surface area contributed by atoms with Gasteiger partial charge in [-0.15, -0.1) is 0 Å². The van der Waals surface area contributed by atoms with E-state index < -0.39 is 0 Å². The van der Waals surface area contributed by atoms with Crippen LogP contribution in [0.25, 0.3) is 5.57 Å². The van der Waals surface area contributed by atoms with E-state index in [4.69, 9.17) is 4.74 Å². The Morgan fingerprint density at radius 1 is 1.31 bits per heavy atom. The van der Waals surface area contributed by atoms with Crippen molar-refractivity contribution in [1.82, 2.24) is 0 Å². The maximum Gasteiger partial charge on any atom is 0.119 e. The molecule has 1 heteroatoms. The maximum atomic E-state index is 5.19. The average molecular weight is 174 g/mol. The second kappa shape index (κ2) is 3.25. The third kappa shape index (κ3) is 1.46. The highest BCUT2D eigenvalue weighted by Crippen LogP contribution is 2.31. The number of methoxy groups -OCH3 is 1. The Morgan fingerprint density at radius 3 is 2.92 bits per heavy atom. The van der Waals surface area contributed by atoms with E-state index in [1.807, 2.05) is 6.07 Å². The van der Waals surface area contributed by atoms with Crippen molar-refractivity contribution in [2.24, 2.45) is 0 Å². The molecule has 0 atom stereocenters.